The van der Waals surface area contributed by atoms with Crippen molar-refractivity contribution in [3.05, 3.63) is 65.5 Å². The first-order chi connectivity index (χ1) is 10.5. The average molecular weight is 300 g/mol. The third-order valence-corrected chi connectivity index (χ3v) is 3.10. The molecule has 0 heterocycles. The summed E-state index contributed by atoms with van der Waals surface area (Å²) in [5.41, 5.74) is 1.87. The molecular formula is C17H17FN2O2. The molecule has 0 saturated carbocycles. The highest BCUT2D eigenvalue weighted by atomic mass is 19.1. The molecule has 4 nitrogen and oxygen atoms in total. The van der Waals surface area contributed by atoms with Crippen LogP contribution in [0.4, 0.5) is 10.1 Å². The topological polar surface area (TPSA) is 49.4 Å². The molecule has 0 aliphatic carbocycles. The molecular weight excluding hydrogens is 283 g/mol. The van der Waals surface area contributed by atoms with Crippen LogP contribution >= 0.6 is 0 Å². The van der Waals surface area contributed by atoms with Crippen molar-refractivity contribution in [2.24, 2.45) is 0 Å². The minimum atomic E-state index is -0.429. The van der Waals surface area contributed by atoms with Gasteiger partial charge in [-0.15, -0.1) is 0 Å². The van der Waals surface area contributed by atoms with Crippen LogP contribution in [0.15, 0.2) is 48.5 Å². The van der Waals surface area contributed by atoms with Gasteiger partial charge in [0.1, 0.15) is 5.82 Å². The Morgan fingerprint density at radius 2 is 1.86 bits per heavy atom. The Bertz CT molecular complexity index is 701. The van der Waals surface area contributed by atoms with Gasteiger partial charge in [0.15, 0.2) is 0 Å². The number of carbonyl (C=O) groups is 2. The molecule has 0 aliphatic rings. The van der Waals surface area contributed by atoms with E-state index in [-0.39, 0.29) is 18.4 Å². The molecule has 1 N–H and O–H groups in total. The van der Waals surface area contributed by atoms with Crippen LogP contribution in [0.5, 0.6) is 0 Å². The monoisotopic (exact) mass is 300 g/mol. The Balaban J connectivity index is 1.97. The lowest BCUT2D eigenvalue weighted by molar-refractivity contribution is -0.116. The van der Waals surface area contributed by atoms with Crippen LogP contribution in [0, 0.1) is 12.7 Å². The summed E-state index contributed by atoms with van der Waals surface area (Å²) < 4.78 is 13.1. The molecule has 2 aromatic rings. The Morgan fingerprint density at radius 3 is 2.55 bits per heavy atom. The van der Waals surface area contributed by atoms with Crippen molar-refractivity contribution < 1.29 is 14.0 Å². The van der Waals surface area contributed by atoms with E-state index in [0.717, 1.165) is 5.56 Å². The number of aryl methyl sites for hydroxylation is 1. The maximum atomic E-state index is 13.1. The number of benzene rings is 2. The smallest absolute Gasteiger partial charge is 0.254 e. The van der Waals surface area contributed by atoms with Gasteiger partial charge >= 0.3 is 0 Å². The number of anilines is 1. The summed E-state index contributed by atoms with van der Waals surface area (Å²) in [4.78, 5) is 25.5. The van der Waals surface area contributed by atoms with Crippen LogP contribution in [0.1, 0.15) is 15.9 Å². The third-order valence-electron chi connectivity index (χ3n) is 3.10. The molecule has 114 valence electrons. The maximum absolute atomic E-state index is 13.1. The number of amides is 2. The van der Waals surface area contributed by atoms with Crippen LogP contribution in [0.25, 0.3) is 0 Å². The Hall–Kier alpha value is -2.69. The van der Waals surface area contributed by atoms with Crippen LogP contribution in [-0.2, 0) is 4.79 Å². The van der Waals surface area contributed by atoms with Gasteiger partial charge in [0.2, 0.25) is 5.91 Å². The van der Waals surface area contributed by atoms with Crippen LogP contribution in [0.2, 0.25) is 0 Å². The van der Waals surface area contributed by atoms with E-state index in [4.69, 9.17) is 0 Å². The summed E-state index contributed by atoms with van der Waals surface area (Å²) in [6, 6.07) is 12.8. The number of halogens is 1. The van der Waals surface area contributed by atoms with Gasteiger partial charge in [-0.25, -0.2) is 4.39 Å². The van der Waals surface area contributed by atoms with Crippen molar-refractivity contribution in [1.82, 2.24) is 4.90 Å². The van der Waals surface area contributed by atoms with Gasteiger partial charge in [-0.1, -0.05) is 23.8 Å². The van der Waals surface area contributed by atoms with Gasteiger partial charge in [-0.3, -0.25) is 9.59 Å². The molecule has 0 fully saturated rings. The molecule has 0 aliphatic heterocycles. The second-order valence-corrected chi connectivity index (χ2v) is 5.09. The number of carbonyl (C=O) groups excluding carboxylic acids is 2. The minimum absolute atomic E-state index is 0.108. The first-order valence-electron chi connectivity index (χ1n) is 6.83. The van der Waals surface area contributed by atoms with E-state index in [9.17, 15) is 14.0 Å². The molecule has 2 amide bonds. The summed E-state index contributed by atoms with van der Waals surface area (Å²) in [6.07, 6.45) is 0. The highest BCUT2D eigenvalue weighted by molar-refractivity contribution is 5.99. The van der Waals surface area contributed by atoms with Gasteiger partial charge in [0, 0.05) is 18.3 Å². The van der Waals surface area contributed by atoms with Gasteiger partial charge in [0.25, 0.3) is 5.91 Å². The number of hydrogen-bond donors (Lipinski definition) is 1. The van der Waals surface area contributed by atoms with E-state index >= 15 is 0 Å². The SMILES string of the molecule is Cc1cccc(C(=O)N(C)CC(=O)Nc2cccc(F)c2)c1. The molecule has 2 rings (SSSR count). The molecule has 0 bridgehead atoms. The van der Waals surface area contributed by atoms with Gasteiger partial charge in [0.05, 0.1) is 6.54 Å². The van der Waals surface area contributed by atoms with Gasteiger partial charge in [-0.05, 0) is 37.3 Å². The lowest BCUT2D eigenvalue weighted by atomic mass is 10.1. The molecule has 2 aromatic carbocycles. The van der Waals surface area contributed by atoms with Crippen LogP contribution < -0.4 is 5.32 Å². The number of nitrogens with one attached hydrogen (secondary N) is 1. The second kappa shape index (κ2) is 6.85. The molecule has 0 spiro atoms. The molecule has 0 aromatic heterocycles. The van der Waals surface area contributed by atoms with Crippen LogP contribution in [-0.4, -0.2) is 30.3 Å². The molecule has 0 unspecified atom stereocenters. The van der Waals surface area contributed by atoms with E-state index in [1.165, 1.54) is 23.1 Å². The summed E-state index contributed by atoms with van der Waals surface area (Å²) >= 11 is 0. The normalized spacial score (nSPS) is 10.1. The van der Waals surface area contributed by atoms with Gasteiger partial charge in [-0.2, -0.15) is 0 Å². The first kappa shape index (κ1) is 15.7. The lowest BCUT2D eigenvalue weighted by Gasteiger charge is -2.17. The molecule has 0 saturated heterocycles. The number of hydrogen-bond acceptors (Lipinski definition) is 2. The molecule has 22 heavy (non-hydrogen) atoms. The highest BCUT2D eigenvalue weighted by Gasteiger charge is 2.15. The largest absolute Gasteiger partial charge is 0.332 e. The number of nitrogens with zero attached hydrogens (tertiary/aromatic N) is 1. The Kier molecular flexibility index (Phi) is 4.88. The third kappa shape index (κ3) is 4.15. The van der Waals surface area contributed by atoms with Crippen molar-refractivity contribution >= 4 is 17.5 Å². The summed E-state index contributed by atoms with van der Waals surface area (Å²) in [5.74, 6) is -1.05. The predicted molar refractivity (Wildman–Crippen MR) is 83.2 cm³/mol. The van der Waals surface area contributed by atoms with E-state index < -0.39 is 5.82 Å². The van der Waals surface area contributed by atoms with Crippen molar-refractivity contribution in [3.8, 4) is 0 Å². The van der Waals surface area contributed by atoms with E-state index in [0.29, 0.717) is 11.3 Å². The first-order valence-corrected chi connectivity index (χ1v) is 6.83. The van der Waals surface area contributed by atoms with E-state index in [1.54, 1.807) is 31.3 Å². The lowest BCUT2D eigenvalue weighted by Crippen LogP contribution is -2.34. The Labute approximate surface area is 128 Å². The predicted octanol–water partition coefficient (Wildman–Crippen LogP) is 2.84. The average Bonchev–Trinajstić information content (AvgIpc) is 2.46. The standard InChI is InChI=1S/C17H17FN2O2/c1-12-5-3-6-13(9-12)17(22)20(2)11-16(21)19-15-8-4-7-14(18)10-15/h3-10H,11H2,1-2H3,(H,19,21). The van der Waals surface area contributed by atoms with Crippen molar-refractivity contribution in [2.75, 3.05) is 18.9 Å². The van der Waals surface area contributed by atoms with Crippen molar-refractivity contribution in [1.29, 1.82) is 0 Å². The molecule has 0 atom stereocenters. The Morgan fingerprint density at radius 1 is 1.14 bits per heavy atom. The number of rotatable bonds is 4. The molecule has 0 radical (unpaired) electrons. The van der Waals surface area contributed by atoms with E-state index in [2.05, 4.69) is 5.32 Å². The maximum Gasteiger partial charge on any atom is 0.254 e. The van der Waals surface area contributed by atoms with E-state index in [1.807, 2.05) is 13.0 Å². The fraction of sp³-hybridized carbons (Fsp3) is 0.176. The molecule has 5 heteroatoms. The van der Waals surface area contributed by atoms with Crippen molar-refractivity contribution in [2.45, 2.75) is 6.92 Å². The fourth-order valence-corrected chi connectivity index (χ4v) is 2.05. The quantitative estimate of drug-likeness (QED) is 0.944. The summed E-state index contributed by atoms with van der Waals surface area (Å²) in [7, 11) is 1.55. The number of likely N-dealkylation sites (N-methyl/N-ethyl adjacent to an activating group) is 1. The second-order valence-electron chi connectivity index (χ2n) is 5.09. The summed E-state index contributed by atoms with van der Waals surface area (Å²) in [6.45, 7) is 1.79. The minimum Gasteiger partial charge on any atom is -0.332 e. The highest BCUT2D eigenvalue weighted by Crippen LogP contribution is 2.10. The fourth-order valence-electron chi connectivity index (χ4n) is 2.05. The zero-order chi connectivity index (χ0) is 16.1. The zero-order valence-electron chi connectivity index (χ0n) is 12.5. The summed E-state index contributed by atoms with van der Waals surface area (Å²) in [5, 5.41) is 2.56. The van der Waals surface area contributed by atoms with Crippen molar-refractivity contribution in [3.63, 3.8) is 0 Å². The van der Waals surface area contributed by atoms with Crippen LogP contribution in [0.3, 0.4) is 0 Å². The van der Waals surface area contributed by atoms with Gasteiger partial charge < -0.3 is 10.2 Å². The zero-order valence-corrected chi connectivity index (χ0v) is 12.5.